The first kappa shape index (κ1) is 43.0. The number of ether oxygens (including phenoxy) is 3. The molecule has 0 saturated heterocycles. The van der Waals surface area contributed by atoms with E-state index < -0.39 is 0 Å². The SMILES string of the molecule is Clc1ccc(CNc2ccc(COCCN(CCOCc3ccc(NCc4ccc(Cl)cc4)cc3)CCOCc3ccc(NCc4ccc(Cl)cc4)cc3)cc2)cc1. The molecule has 10 heteroatoms. The molecule has 0 heterocycles. The molecule has 6 aromatic rings. The summed E-state index contributed by atoms with van der Waals surface area (Å²) in [5, 5.41) is 12.6. The second-order valence-corrected chi connectivity index (χ2v) is 15.3. The van der Waals surface area contributed by atoms with E-state index in [1.807, 2.05) is 72.8 Å². The number of nitrogens with zero attached hydrogens (tertiary/aromatic N) is 1. The molecule has 0 atom stereocenters. The third-order valence-corrected chi connectivity index (χ3v) is 10.3. The summed E-state index contributed by atoms with van der Waals surface area (Å²) in [6.07, 6.45) is 0. The summed E-state index contributed by atoms with van der Waals surface area (Å²) in [5.41, 5.74) is 10.1. The lowest BCUT2D eigenvalue weighted by Crippen LogP contribution is -2.34. The van der Waals surface area contributed by atoms with Crippen molar-refractivity contribution in [3.05, 3.63) is 194 Å². The van der Waals surface area contributed by atoms with Crippen LogP contribution in [-0.4, -0.2) is 44.4 Å². The largest absolute Gasteiger partial charge is 0.381 e. The van der Waals surface area contributed by atoms with Crippen molar-refractivity contribution in [1.29, 1.82) is 0 Å². The highest BCUT2D eigenvalue weighted by Crippen LogP contribution is 2.17. The number of hydrogen-bond donors (Lipinski definition) is 3. The van der Waals surface area contributed by atoms with Gasteiger partial charge in [-0.2, -0.15) is 0 Å². The van der Waals surface area contributed by atoms with Gasteiger partial charge in [-0.15, -0.1) is 0 Å². The number of benzene rings is 6. The summed E-state index contributed by atoms with van der Waals surface area (Å²) in [6, 6.07) is 48.8. The highest BCUT2D eigenvalue weighted by molar-refractivity contribution is 6.31. The second-order valence-electron chi connectivity index (χ2n) is 14.0. The molecular weight excluding hydrogens is 787 g/mol. The third kappa shape index (κ3) is 15.6. The summed E-state index contributed by atoms with van der Waals surface area (Å²) >= 11 is 18.0. The molecule has 0 amide bonds. The van der Waals surface area contributed by atoms with Crippen molar-refractivity contribution in [2.24, 2.45) is 0 Å². The van der Waals surface area contributed by atoms with Crippen LogP contribution in [0.5, 0.6) is 0 Å². The zero-order chi connectivity index (χ0) is 40.2. The van der Waals surface area contributed by atoms with Crippen molar-refractivity contribution in [2.45, 2.75) is 39.5 Å². The summed E-state index contributed by atoms with van der Waals surface area (Å²) in [6.45, 7) is 7.99. The average molecular weight is 838 g/mol. The van der Waals surface area contributed by atoms with E-state index in [2.05, 4.69) is 93.6 Å². The van der Waals surface area contributed by atoms with Gasteiger partial charge in [0.25, 0.3) is 0 Å². The number of hydrogen-bond acceptors (Lipinski definition) is 7. The van der Waals surface area contributed by atoms with Crippen LogP contribution < -0.4 is 16.0 Å². The van der Waals surface area contributed by atoms with Crippen LogP contribution in [0, 0.1) is 0 Å². The monoisotopic (exact) mass is 836 g/mol. The van der Waals surface area contributed by atoms with Gasteiger partial charge in [0.05, 0.1) is 39.6 Å². The molecule has 302 valence electrons. The van der Waals surface area contributed by atoms with Gasteiger partial charge in [-0.25, -0.2) is 0 Å². The van der Waals surface area contributed by atoms with Crippen LogP contribution in [0.2, 0.25) is 15.1 Å². The number of nitrogens with one attached hydrogen (secondary N) is 3. The van der Waals surface area contributed by atoms with Gasteiger partial charge in [-0.3, -0.25) is 4.90 Å². The van der Waals surface area contributed by atoms with E-state index in [9.17, 15) is 0 Å². The van der Waals surface area contributed by atoms with Crippen LogP contribution in [0.1, 0.15) is 33.4 Å². The zero-order valence-corrected chi connectivity index (χ0v) is 34.9. The van der Waals surface area contributed by atoms with Crippen LogP contribution in [-0.2, 0) is 53.7 Å². The van der Waals surface area contributed by atoms with E-state index in [1.165, 1.54) is 16.7 Å². The lowest BCUT2D eigenvalue weighted by atomic mass is 10.2. The molecule has 0 unspecified atom stereocenters. The van der Waals surface area contributed by atoms with Crippen molar-refractivity contribution >= 4 is 51.9 Å². The quantitative estimate of drug-likeness (QED) is 0.0525. The van der Waals surface area contributed by atoms with E-state index in [4.69, 9.17) is 49.0 Å². The molecule has 0 aliphatic heterocycles. The molecule has 0 fully saturated rings. The van der Waals surface area contributed by atoms with Gasteiger partial charge < -0.3 is 30.2 Å². The van der Waals surface area contributed by atoms with Crippen molar-refractivity contribution in [2.75, 3.05) is 55.4 Å². The van der Waals surface area contributed by atoms with Gasteiger partial charge in [0.1, 0.15) is 0 Å². The molecule has 0 bridgehead atoms. The van der Waals surface area contributed by atoms with Crippen molar-refractivity contribution < 1.29 is 14.2 Å². The Hall–Kier alpha value is -4.57. The molecule has 0 spiro atoms. The minimum Gasteiger partial charge on any atom is -0.381 e. The van der Waals surface area contributed by atoms with E-state index in [0.717, 1.165) is 88.1 Å². The molecular formula is C48H51Cl3N4O3. The van der Waals surface area contributed by atoms with Crippen molar-refractivity contribution in [3.63, 3.8) is 0 Å². The Morgan fingerprint density at radius 3 is 0.828 bits per heavy atom. The molecule has 3 N–H and O–H groups in total. The van der Waals surface area contributed by atoms with E-state index in [1.54, 1.807) is 0 Å². The molecule has 0 radical (unpaired) electrons. The highest BCUT2D eigenvalue weighted by Gasteiger charge is 2.07. The average Bonchev–Trinajstić information content (AvgIpc) is 3.25. The van der Waals surface area contributed by atoms with Gasteiger partial charge in [0.2, 0.25) is 0 Å². The van der Waals surface area contributed by atoms with Gasteiger partial charge in [0, 0.05) is 71.4 Å². The molecule has 7 nitrogen and oxygen atoms in total. The van der Waals surface area contributed by atoms with Gasteiger partial charge in [0.15, 0.2) is 0 Å². The summed E-state index contributed by atoms with van der Waals surface area (Å²) in [7, 11) is 0. The van der Waals surface area contributed by atoms with Gasteiger partial charge in [-0.1, -0.05) is 108 Å². The van der Waals surface area contributed by atoms with Gasteiger partial charge in [-0.05, 0) is 106 Å². The first-order valence-electron chi connectivity index (χ1n) is 19.6. The highest BCUT2D eigenvalue weighted by atomic mass is 35.5. The predicted molar refractivity (Wildman–Crippen MR) is 241 cm³/mol. The molecule has 0 aromatic heterocycles. The standard InChI is InChI=1S/C48H51Cl3N4O3/c49-43-13-1-37(2-14-43)31-52-46-19-7-40(8-20-46)34-56-28-25-55(26-29-57-35-41-9-21-47(22-10-41)53-32-38-3-15-44(50)16-4-38)27-30-58-36-42-11-23-48(24-12-42)54-33-39-5-17-45(51)18-6-39/h1-24,52-54H,25-36H2. The van der Waals surface area contributed by atoms with Crippen LogP contribution in [0.3, 0.4) is 0 Å². The first-order chi connectivity index (χ1) is 28.4. The Kier molecular flexibility index (Phi) is 17.6. The number of halogens is 3. The molecule has 6 rings (SSSR count). The maximum Gasteiger partial charge on any atom is 0.0717 e. The zero-order valence-electron chi connectivity index (χ0n) is 32.6. The minimum atomic E-state index is 0.549. The maximum atomic E-state index is 6.13. The summed E-state index contributed by atoms with van der Waals surface area (Å²) in [4.78, 5) is 2.34. The smallest absolute Gasteiger partial charge is 0.0717 e. The lowest BCUT2D eigenvalue weighted by molar-refractivity contribution is 0.0426. The molecule has 0 aliphatic carbocycles. The van der Waals surface area contributed by atoms with Crippen molar-refractivity contribution in [3.8, 4) is 0 Å². The van der Waals surface area contributed by atoms with Crippen LogP contribution >= 0.6 is 34.8 Å². The normalized spacial score (nSPS) is 11.2. The topological polar surface area (TPSA) is 67.0 Å². The van der Waals surface area contributed by atoms with Crippen LogP contribution in [0.15, 0.2) is 146 Å². The van der Waals surface area contributed by atoms with E-state index in [0.29, 0.717) is 39.6 Å². The van der Waals surface area contributed by atoms with E-state index in [-0.39, 0.29) is 0 Å². The van der Waals surface area contributed by atoms with Gasteiger partial charge >= 0.3 is 0 Å². The van der Waals surface area contributed by atoms with Crippen LogP contribution in [0.4, 0.5) is 17.1 Å². The summed E-state index contributed by atoms with van der Waals surface area (Å²) < 4.78 is 18.4. The molecule has 58 heavy (non-hydrogen) atoms. The summed E-state index contributed by atoms with van der Waals surface area (Å²) in [5.74, 6) is 0. The Labute approximate surface area is 358 Å². The maximum absolute atomic E-state index is 6.13. The fraction of sp³-hybridized carbons (Fsp3) is 0.250. The molecule has 0 saturated carbocycles. The molecule has 6 aromatic carbocycles. The Bertz CT molecular complexity index is 1810. The fourth-order valence-corrected chi connectivity index (χ4v) is 6.44. The third-order valence-electron chi connectivity index (χ3n) is 9.55. The Morgan fingerprint density at radius 1 is 0.328 bits per heavy atom. The Balaban J connectivity index is 0.918. The first-order valence-corrected chi connectivity index (χ1v) is 20.7. The lowest BCUT2D eigenvalue weighted by Gasteiger charge is -2.22. The molecule has 0 aliphatic rings. The Morgan fingerprint density at radius 2 is 0.569 bits per heavy atom. The van der Waals surface area contributed by atoms with E-state index >= 15 is 0 Å². The predicted octanol–water partition coefficient (Wildman–Crippen LogP) is 11.7. The minimum absolute atomic E-state index is 0.549. The van der Waals surface area contributed by atoms with Crippen molar-refractivity contribution in [1.82, 2.24) is 4.90 Å². The number of rotatable bonds is 24. The van der Waals surface area contributed by atoms with Crippen LogP contribution in [0.25, 0.3) is 0 Å². The fourth-order valence-electron chi connectivity index (χ4n) is 6.06. The second kappa shape index (κ2) is 23.7. The number of anilines is 3.